The quantitative estimate of drug-likeness (QED) is 0.313. The minimum absolute atomic E-state index is 0.0669. The average Bonchev–Trinajstić information content (AvgIpc) is 2.59. The minimum atomic E-state index is -0.262. The second kappa shape index (κ2) is 9.20. The van der Waals surface area contributed by atoms with Gasteiger partial charge in [0.1, 0.15) is 0 Å². The maximum Gasteiger partial charge on any atom is 0.224 e. The van der Waals surface area contributed by atoms with Crippen molar-refractivity contribution in [1.82, 2.24) is 0 Å². The van der Waals surface area contributed by atoms with E-state index in [4.69, 9.17) is 28.4 Å². The molecule has 0 aromatic heterocycles. The van der Waals surface area contributed by atoms with Crippen molar-refractivity contribution in [3.05, 3.63) is 64.1 Å². The van der Waals surface area contributed by atoms with Crippen LogP contribution >= 0.6 is 23.2 Å². The van der Waals surface area contributed by atoms with E-state index in [-0.39, 0.29) is 36.7 Å². The molecule has 7 heteroatoms. The Morgan fingerprint density at radius 2 is 1.72 bits per heavy atom. The van der Waals surface area contributed by atoms with Gasteiger partial charge >= 0.3 is 0 Å². The predicted molar refractivity (Wildman–Crippen MR) is 98.9 cm³/mol. The number of nitrogens with one attached hydrogen (secondary N) is 1. The number of oxime groups is 1. The summed E-state index contributed by atoms with van der Waals surface area (Å²) in [7, 11) is 0. The number of benzene rings is 2. The molecule has 1 amide bonds. The van der Waals surface area contributed by atoms with Gasteiger partial charge in [0.2, 0.25) is 5.91 Å². The van der Waals surface area contributed by atoms with Gasteiger partial charge in [-0.15, -0.1) is 0 Å². The summed E-state index contributed by atoms with van der Waals surface area (Å²) in [5, 5.41) is 15.9. The second-order valence-corrected chi connectivity index (χ2v) is 6.20. The van der Waals surface area contributed by atoms with Crippen molar-refractivity contribution < 1.29 is 14.8 Å². The Labute approximate surface area is 155 Å². The highest BCUT2D eigenvalue weighted by Gasteiger charge is 2.13. The minimum Gasteiger partial charge on any atom is -0.411 e. The van der Waals surface area contributed by atoms with Crippen LogP contribution in [0.5, 0.6) is 0 Å². The molecule has 130 valence electrons. The molecule has 5 nitrogen and oxygen atoms in total. The molecule has 0 unspecified atom stereocenters. The molecule has 0 aliphatic carbocycles. The largest absolute Gasteiger partial charge is 0.411 e. The number of amides is 1. The SMILES string of the molecule is O=C(CC/C(CC(=O)c1ccc(Cl)cc1)=N\O)Nc1cccc(Cl)c1. The van der Waals surface area contributed by atoms with Crippen LogP contribution in [-0.4, -0.2) is 22.6 Å². The van der Waals surface area contributed by atoms with E-state index in [0.717, 1.165) is 0 Å². The predicted octanol–water partition coefficient (Wildman–Crippen LogP) is 4.82. The van der Waals surface area contributed by atoms with Crippen LogP contribution in [0.1, 0.15) is 29.6 Å². The number of nitrogens with zero attached hydrogens (tertiary/aromatic N) is 1. The van der Waals surface area contributed by atoms with Crippen LogP contribution in [-0.2, 0) is 4.79 Å². The molecule has 0 bridgehead atoms. The molecule has 0 saturated heterocycles. The first-order chi connectivity index (χ1) is 12.0. The standard InChI is InChI=1S/C18H16Cl2N2O3/c19-13-6-4-12(5-7-13)17(23)11-16(22-25)8-9-18(24)21-15-3-1-2-14(20)10-15/h1-7,10,25H,8-9,11H2,(H,21,24)/b22-16+. The van der Waals surface area contributed by atoms with Crippen LogP contribution in [0.2, 0.25) is 10.0 Å². The molecule has 0 fully saturated rings. The first kappa shape index (κ1) is 19.0. The fourth-order valence-electron chi connectivity index (χ4n) is 2.14. The number of ketones is 1. The number of rotatable bonds is 7. The molecule has 0 aliphatic heterocycles. The average molecular weight is 379 g/mol. The van der Waals surface area contributed by atoms with Crippen LogP contribution < -0.4 is 5.32 Å². The van der Waals surface area contributed by atoms with E-state index in [1.54, 1.807) is 48.5 Å². The number of halogens is 2. The zero-order valence-corrected chi connectivity index (χ0v) is 14.7. The first-order valence-corrected chi connectivity index (χ1v) is 8.27. The van der Waals surface area contributed by atoms with Gasteiger partial charge in [0.05, 0.1) is 12.1 Å². The fourth-order valence-corrected chi connectivity index (χ4v) is 2.46. The van der Waals surface area contributed by atoms with Gasteiger partial charge in [-0.25, -0.2) is 0 Å². The van der Waals surface area contributed by atoms with Crippen LogP contribution in [0.3, 0.4) is 0 Å². The van der Waals surface area contributed by atoms with Crippen LogP contribution in [0.4, 0.5) is 5.69 Å². The van der Waals surface area contributed by atoms with Gasteiger partial charge in [-0.05, 0) is 48.9 Å². The van der Waals surface area contributed by atoms with Crippen LogP contribution in [0.25, 0.3) is 0 Å². The summed E-state index contributed by atoms with van der Waals surface area (Å²) < 4.78 is 0. The summed E-state index contributed by atoms with van der Waals surface area (Å²) in [6.45, 7) is 0. The van der Waals surface area contributed by atoms with Crippen LogP contribution in [0.15, 0.2) is 53.7 Å². The molecule has 2 N–H and O–H groups in total. The molecule has 0 saturated carbocycles. The lowest BCUT2D eigenvalue weighted by molar-refractivity contribution is -0.116. The zero-order chi connectivity index (χ0) is 18.2. The Morgan fingerprint density at radius 3 is 2.36 bits per heavy atom. The zero-order valence-electron chi connectivity index (χ0n) is 13.2. The van der Waals surface area contributed by atoms with E-state index in [9.17, 15) is 9.59 Å². The number of carbonyl (C=O) groups is 2. The molecule has 2 aromatic rings. The van der Waals surface area contributed by atoms with Crippen molar-refractivity contribution in [3.8, 4) is 0 Å². The van der Waals surface area contributed by atoms with Crippen molar-refractivity contribution in [3.63, 3.8) is 0 Å². The smallest absolute Gasteiger partial charge is 0.224 e. The van der Waals surface area contributed by atoms with Gasteiger partial charge in [0, 0.05) is 27.7 Å². The van der Waals surface area contributed by atoms with Crippen molar-refractivity contribution in [1.29, 1.82) is 0 Å². The van der Waals surface area contributed by atoms with Crippen molar-refractivity contribution in [2.75, 3.05) is 5.32 Å². The third-order valence-electron chi connectivity index (χ3n) is 3.42. The summed E-state index contributed by atoms with van der Waals surface area (Å²) >= 11 is 11.6. The molecular weight excluding hydrogens is 363 g/mol. The van der Waals surface area contributed by atoms with E-state index >= 15 is 0 Å². The lowest BCUT2D eigenvalue weighted by Gasteiger charge is -2.07. The Kier molecular flexibility index (Phi) is 6.98. The van der Waals surface area contributed by atoms with E-state index < -0.39 is 0 Å². The van der Waals surface area contributed by atoms with Crippen molar-refractivity contribution >= 4 is 46.3 Å². The molecule has 25 heavy (non-hydrogen) atoms. The Balaban J connectivity index is 1.86. The number of hydrogen-bond acceptors (Lipinski definition) is 4. The molecule has 0 radical (unpaired) electrons. The number of Topliss-reactive ketones (excluding diaryl/α,β-unsaturated/α-hetero) is 1. The van der Waals surface area contributed by atoms with Gasteiger partial charge in [0.15, 0.2) is 5.78 Å². The molecule has 0 spiro atoms. The summed E-state index contributed by atoms with van der Waals surface area (Å²) in [4.78, 5) is 24.1. The topological polar surface area (TPSA) is 78.8 Å². The monoisotopic (exact) mass is 378 g/mol. The highest BCUT2D eigenvalue weighted by Crippen LogP contribution is 2.16. The van der Waals surface area contributed by atoms with Crippen molar-refractivity contribution in [2.45, 2.75) is 19.3 Å². The molecule has 0 aliphatic rings. The maximum atomic E-state index is 12.1. The van der Waals surface area contributed by atoms with Crippen LogP contribution in [0, 0.1) is 0 Å². The third kappa shape index (κ3) is 6.21. The van der Waals surface area contributed by atoms with E-state index in [1.165, 1.54) is 0 Å². The van der Waals surface area contributed by atoms with Gasteiger partial charge in [-0.1, -0.05) is 34.4 Å². The molecule has 2 rings (SSSR count). The highest BCUT2D eigenvalue weighted by atomic mass is 35.5. The first-order valence-electron chi connectivity index (χ1n) is 7.52. The number of carbonyl (C=O) groups excluding carboxylic acids is 2. The normalized spacial score (nSPS) is 11.2. The van der Waals surface area contributed by atoms with Crippen molar-refractivity contribution in [2.24, 2.45) is 5.16 Å². The Bertz CT molecular complexity index is 789. The second-order valence-electron chi connectivity index (χ2n) is 5.33. The third-order valence-corrected chi connectivity index (χ3v) is 3.91. The number of anilines is 1. The lowest BCUT2D eigenvalue weighted by Crippen LogP contribution is -2.15. The van der Waals surface area contributed by atoms with Gasteiger partial charge in [-0.3, -0.25) is 9.59 Å². The van der Waals surface area contributed by atoms with Gasteiger partial charge < -0.3 is 10.5 Å². The van der Waals surface area contributed by atoms with E-state index in [2.05, 4.69) is 10.5 Å². The van der Waals surface area contributed by atoms with E-state index in [1.807, 2.05) is 0 Å². The molecular formula is C18H16Cl2N2O3. The highest BCUT2D eigenvalue weighted by molar-refractivity contribution is 6.31. The van der Waals surface area contributed by atoms with Gasteiger partial charge in [-0.2, -0.15) is 0 Å². The number of hydrogen-bond donors (Lipinski definition) is 2. The Morgan fingerprint density at radius 1 is 1.00 bits per heavy atom. The van der Waals surface area contributed by atoms with Gasteiger partial charge in [0.25, 0.3) is 0 Å². The Hall–Kier alpha value is -2.37. The van der Waals surface area contributed by atoms with E-state index in [0.29, 0.717) is 21.3 Å². The molecule has 0 atom stereocenters. The molecule has 2 aromatic carbocycles. The summed E-state index contributed by atoms with van der Waals surface area (Å²) in [5.41, 5.74) is 1.28. The maximum absolute atomic E-state index is 12.1. The fraction of sp³-hybridized carbons (Fsp3) is 0.167. The summed E-state index contributed by atoms with van der Waals surface area (Å²) in [6.07, 6.45) is 0.185. The summed E-state index contributed by atoms with van der Waals surface area (Å²) in [5.74, 6) is -0.470. The summed E-state index contributed by atoms with van der Waals surface area (Å²) in [6, 6.07) is 13.2. The lowest BCUT2D eigenvalue weighted by atomic mass is 10.0. The molecule has 0 heterocycles.